The van der Waals surface area contributed by atoms with E-state index in [9.17, 15) is 9.59 Å². The van der Waals surface area contributed by atoms with Crippen molar-refractivity contribution in [3.8, 4) is 0 Å². The van der Waals surface area contributed by atoms with Crippen LogP contribution in [0.15, 0.2) is 0 Å². The minimum Gasteiger partial charge on any atom is -0.466 e. The molecule has 22 heavy (non-hydrogen) atoms. The maximum Gasteiger partial charge on any atom is 0.312 e. The van der Waals surface area contributed by atoms with Crippen LogP contribution in [0.1, 0.15) is 46.0 Å². The Labute approximate surface area is 131 Å². The summed E-state index contributed by atoms with van der Waals surface area (Å²) >= 11 is 0. The van der Waals surface area contributed by atoms with Gasteiger partial charge in [0.1, 0.15) is 0 Å². The summed E-state index contributed by atoms with van der Waals surface area (Å²) in [6.07, 6.45) is 3.09. The van der Waals surface area contributed by atoms with Crippen molar-refractivity contribution >= 4 is 11.9 Å². The third-order valence-corrected chi connectivity index (χ3v) is 4.09. The molecule has 0 N–H and O–H groups in total. The second-order valence-electron chi connectivity index (χ2n) is 5.98. The van der Waals surface area contributed by atoms with Crippen molar-refractivity contribution in [3.05, 3.63) is 0 Å². The molecule has 0 radical (unpaired) electrons. The number of ether oxygens (including phenoxy) is 4. The lowest BCUT2D eigenvalue weighted by molar-refractivity contribution is -0.158. The number of hydrogen-bond donors (Lipinski definition) is 0. The van der Waals surface area contributed by atoms with E-state index in [0.717, 1.165) is 0 Å². The zero-order chi connectivity index (χ0) is 16.0. The van der Waals surface area contributed by atoms with Crippen LogP contribution in [0.3, 0.4) is 0 Å². The average molecular weight is 314 g/mol. The molecule has 6 nitrogen and oxygen atoms in total. The Morgan fingerprint density at radius 2 is 1.59 bits per heavy atom. The average Bonchev–Trinajstić information content (AvgIpc) is 3.36. The van der Waals surface area contributed by atoms with E-state index in [4.69, 9.17) is 18.9 Å². The zero-order valence-electron chi connectivity index (χ0n) is 13.5. The van der Waals surface area contributed by atoms with Crippen LogP contribution in [0.25, 0.3) is 0 Å². The van der Waals surface area contributed by atoms with Gasteiger partial charge in [-0.25, -0.2) is 0 Å². The number of hydrogen-bond acceptors (Lipinski definition) is 6. The standard InChI is InChI=1S/C16H26O6/c1-3-19-14(17)6-5-7-16(8-12-10-21-12,9-13-11-22-13)15(18)20-4-2/h12-13H,3-11H2,1-2H3. The highest BCUT2D eigenvalue weighted by Crippen LogP contribution is 2.42. The number of epoxide rings is 2. The van der Waals surface area contributed by atoms with E-state index in [1.165, 1.54) is 0 Å². The summed E-state index contributed by atoms with van der Waals surface area (Å²) < 4.78 is 20.9. The fourth-order valence-electron chi connectivity index (χ4n) is 2.89. The number of esters is 2. The van der Waals surface area contributed by atoms with Gasteiger partial charge in [-0.1, -0.05) is 0 Å². The van der Waals surface area contributed by atoms with Crippen molar-refractivity contribution in [2.24, 2.45) is 5.41 Å². The highest BCUT2D eigenvalue weighted by Gasteiger charge is 2.48. The molecule has 0 aromatic heterocycles. The third-order valence-electron chi connectivity index (χ3n) is 4.09. The molecule has 2 atom stereocenters. The first kappa shape index (κ1) is 17.2. The van der Waals surface area contributed by atoms with Gasteiger partial charge in [0.25, 0.3) is 0 Å². The lowest BCUT2D eigenvalue weighted by atomic mass is 9.75. The molecule has 2 aliphatic rings. The van der Waals surface area contributed by atoms with Crippen molar-refractivity contribution < 1.29 is 28.5 Å². The van der Waals surface area contributed by atoms with Gasteiger partial charge in [0, 0.05) is 6.42 Å². The Morgan fingerprint density at radius 1 is 1.05 bits per heavy atom. The fraction of sp³-hybridized carbons (Fsp3) is 0.875. The van der Waals surface area contributed by atoms with E-state index in [2.05, 4.69) is 0 Å². The molecular weight excluding hydrogens is 288 g/mol. The summed E-state index contributed by atoms with van der Waals surface area (Å²) in [4.78, 5) is 24.0. The summed E-state index contributed by atoms with van der Waals surface area (Å²) in [5.41, 5.74) is -0.606. The quantitative estimate of drug-likeness (QED) is 0.428. The van der Waals surface area contributed by atoms with E-state index >= 15 is 0 Å². The monoisotopic (exact) mass is 314 g/mol. The molecule has 2 unspecified atom stereocenters. The van der Waals surface area contributed by atoms with Gasteiger partial charge < -0.3 is 18.9 Å². The van der Waals surface area contributed by atoms with Gasteiger partial charge >= 0.3 is 11.9 Å². The lowest BCUT2D eigenvalue weighted by Gasteiger charge is -2.30. The topological polar surface area (TPSA) is 77.7 Å². The Kier molecular flexibility index (Phi) is 6.20. The summed E-state index contributed by atoms with van der Waals surface area (Å²) in [6, 6.07) is 0. The van der Waals surface area contributed by atoms with Crippen LogP contribution in [0.5, 0.6) is 0 Å². The molecular formula is C16H26O6. The maximum atomic E-state index is 12.5. The van der Waals surface area contributed by atoms with Crippen LogP contribution in [0.4, 0.5) is 0 Å². The summed E-state index contributed by atoms with van der Waals surface area (Å²) in [7, 11) is 0. The molecule has 0 spiro atoms. The molecule has 2 rings (SSSR count). The first-order chi connectivity index (χ1) is 10.6. The summed E-state index contributed by atoms with van der Waals surface area (Å²) in [6.45, 7) is 5.73. The predicted molar refractivity (Wildman–Crippen MR) is 78.3 cm³/mol. The SMILES string of the molecule is CCOC(=O)CCCC(CC1CO1)(CC1CO1)C(=O)OCC. The van der Waals surface area contributed by atoms with E-state index in [0.29, 0.717) is 58.5 Å². The number of carbonyl (C=O) groups is 2. The Morgan fingerprint density at radius 3 is 2.05 bits per heavy atom. The molecule has 2 heterocycles. The highest BCUT2D eigenvalue weighted by molar-refractivity contribution is 5.77. The molecule has 0 aliphatic carbocycles. The zero-order valence-corrected chi connectivity index (χ0v) is 13.5. The van der Waals surface area contributed by atoms with Crippen molar-refractivity contribution in [1.82, 2.24) is 0 Å². The fourth-order valence-corrected chi connectivity index (χ4v) is 2.89. The Bertz CT molecular complexity index is 372. The van der Waals surface area contributed by atoms with E-state index < -0.39 is 5.41 Å². The normalized spacial score (nSPS) is 25.2. The molecule has 0 aromatic carbocycles. The summed E-state index contributed by atoms with van der Waals surface area (Å²) in [5, 5.41) is 0. The Hall–Kier alpha value is -1.14. The van der Waals surface area contributed by atoms with Gasteiger partial charge in [0.15, 0.2) is 0 Å². The van der Waals surface area contributed by atoms with E-state index in [-0.39, 0.29) is 24.1 Å². The van der Waals surface area contributed by atoms with Gasteiger partial charge in [-0.2, -0.15) is 0 Å². The molecule has 2 saturated heterocycles. The molecule has 2 fully saturated rings. The molecule has 0 saturated carbocycles. The van der Waals surface area contributed by atoms with Crippen molar-refractivity contribution in [3.63, 3.8) is 0 Å². The molecule has 126 valence electrons. The van der Waals surface area contributed by atoms with Crippen LogP contribution in [-0.2, 0) is 28.5 Å². The van der Waals surface area contributed by atoms with Crippen LogP contribution in [-0.4, -0.2) is 50.6 Å². The minimum absolute atomic E-state index is 0.130. The highest BCUT2D eigenvalue weighted by atomic mass is 16.6. The van der Waals surface area contributed by atoms with E-state index in [1.54, 1.807) is 6.92 Å². The van der Waals surface area contributed by atoms with Gasteiger partial charge in [0.2, 0.25) is 0 Å². The van der Waals surface area contributed by atoms with Crippen molar-refractivity contribution in [1.29, 1.82) is 0 Å². The van der Waals surface area contributed by atoms with Crippen LogP contribution in [0.2, 0.25) is 0 Å². The lowest BCUT2D eigenvalue weighted by Crippen LogP contribution is -2.36. The third kappa shape index (κ3) is 5.25. The molecule has 0 amide bonds. The van der Waals surface area contributed by atoms with Crippen LogP contribution >= 0.6 is 0 Å². The second kappa shape index (κ2) is 7.92. The molecule has 0 aromatic rings. The van der Waals surface area contributed by atoms with Crippen molar-refractivity contribution in [2.45, 2.75) is 58.2 Å². The first-order valence-corrected chi connectivity index (χ1v) is 8.15. The second-order valence-corrected chi connectivity index (χ2v) is 5.98. The van der Waals surface area contributed by atoms with Gasteiger partial charge in [-0.05, 0) is 39.5 Å². The largest absolute Gasteiger partial charge is 0.466 e. The van der Waals surface area contributed by atoms with Gasteiger partial charge in [0.05, 0.1) is 44.1 Å². The minimum atomic E-state index is -0.606. The smallest absolute Gasteiger partial charge is 0.312 e. The molecule has 0 bridgehead atoms. The molecule has 2 aliphatic heterocycles. The summed E-state index contributed by atoms with van der Waals surface area (Å²) in [5.74, 6) is -0.407. The molecule has 6 heteroatoms. The number of carbonyl (C=O) groups excluding carboxylic acids is 2. The number of rotatable bonds is 11. The van der Waals surface area contributed by atoms with E-state index in [1.807, 2.05) is 6.92 Å². The predicted octanol–water partition coefficient (Wildman–Crippen LogP) is 1.85. The van der Waals surface area contributed by atoms with Gasteiger partial charge in [-0.15, -0.1) is 0 Å². The van der Waals surface area contributed by atoms with Gasteiger partial charge in [-0.3, -0.25) is 9.59 Å². The first-order valence-electron chi connectivity index (χ1n) is 8.15. The van der Waals surface area contributed by atoms with Crippen LogP contribution < -0.4 is 0 Å². The maximum absolute atomic E-state index is 12.5. The Balaban J connectivity index is 1.96. The van der Waals surface area contributed by atoms with Crippen LogP contribution in [0, 0.1) is 5.41 Å². The van der Waals surface area contributed by atoms with Crippen molar-refractivity contribution in [2.75, 3.05) is 26.4 Å².